The third kappa shape index (κ3) is 9.89. The maximum Gasteiger partial charge on any atom is 0.329 e. The summed E-state index contributed by atoms with van der Waals surface area (Å²) in [5.74, 6) is -2.53. The third-order valence-corrected chi connectivity index (χ3v) is 12.8. The van der Waals surface area contributed by atoms with Gasteiger partial charge >= 0.3 is 5.97 Å². The highest BCUT2D eigenvalue weighted by Gasteiger charge is 2.33. The van der Waals surface area contributed by atoms with Crippen LogP contribution in [0.3, 0.4) is 0 Å². The number of H-pyrrole nitrogens is 3. The number of para-hydroxylation sites is 3. The van der Waals surface area contributed by atoms with E-state index in [0.29, 0.717) is 27.7 Å². The highest BCUT2D eigenvalue weighted by Crippen LogP contribution is 2.36. The summed E-state index contributed by atoms with van der Waals surface area (Å²) < 4.78 is 11.2. The summed E-state index contributed by atoms with van der Waals surface area (Å²) in [6.07, 6.45) is 3.58. The summed E-state index contributed by atoms with van der Waals surface area (Å²) in [6, 6.07) is 41.0. The van der Waals surface area contributed by atoms with Crippen molar-refractivity contribution in [2.45, 2.75) is 44.0 Å². The van der Waals surface area contributed by atoms with Crippen molar-refractivity contribution in [2.24, 2.45) is 0 Å². The number of ether oxygens (including phenoxy) is 2. The number of phenolic OH excluding ortho intramolecular Hbond substituents is 2. The molecule has 0 bridgehead atoms. The molecule has 0 fully saturated rings. The van der Waals surface area contributed by atoms with Gasteiger partial charge in [0.2, 0.25) is 11.8 Å². The summed E-state index contributed by atoms with van der Waals surface area (Å²) in [6.45, 7) is -0.0426. The van der Waals surface area contributed by atoms with Crippen LogP contribution in [0.1, 0.15) is 32.7 Å². The minimum atomic E-state index is -1.28. The Morgan fingerprint density at radius 1 is 0.583 bits per heavy atom. The van der Waals surface area contributed by atoms with Gasteiger partial charge in [-0.25, -0.2) is 9.78 Å². The van der Waals surface area contributed by atoms with Gasteiger partial charge in [0.05, 0.1) is 18.3 Å². The monoisotopic (exact) mass is 959 g/mol. The van der Waals surface area contributed by atoms with Crippen molar-refractivity contribution >= 4 is 67.3 Å². The maximum atomic E-state index is 15.1. The zero-order valence-corrected chi connectivity index (χ0v) is 38.9. The van der Waals surface area contributed by atoms with E-state index in [4.69, 9.17) is 14.5 Å². The molecule has 0 saturated carbocycles. The number of hydrogen-bond donors (Lipinski definition) is 8. The van der Waals surface area contributed by atoms with Crippen molar-refractivity contribution in [1.29, 1.82) is 0 Å². The summed E-state index contributed by atoms with van der Waals surface area (Å²) in [7, 11) is 1.44. The molecule has 6 aromatic carbocycles. The number of aromatic nitrogens is 4. The number of phenols is 2. The molecule has 15 heteroatoms. The number of pyridine rings is 1. The minimum absolute atomic E-state index is 0.00142. The summed E-state index contributed by atoms with van der Waals surface area (Å²) >= 11 is 0. The Morgan fingerprint density at radius 3 is 1.82 bits per heavy atom. The van der Waals surface area contributed by atoms with Gasteiger partial charge in [0.25, 0.3) is 5.91 Å². The zero-order valence-electron chi connectivity index (χ0n) is 38.9. The van der Waals surface area contributed by atoms with Gasteiger partial charge in [-0.15, -0.1) is 0 Å². The number of nitrogens with zero attached hydrogens (tertiary/aromatic N) is 1. The number of benzene rings is 6. The summed E-state index contributed by atoms with van der Waals surface area (Å²) in [5, 5.41) is 32.5. The van der Waals surface area contributed by atoms with Crippen LogP contribution in [-0.2, 0) is 45.0 Å². The van der Waals surface area contributed by atoms with Crippen molar-refractivity contribution in [3.8, 4) is 28.5 Å². The molecule has 3 amide bonds. The number of aromatic hydroxyl groups is 2. The zero-order chi connectivity index (χ0) is 49.7. The van der Waals surface area contributed by atoms with Crippen LogP contribution in [0.2, 0.25) is 0 Å². The normalized spacial score (nSPS) is 12.6. The van der Waals surface area contributed by atoms with Gasteiger partial charge in [-0.1, -0.05) is 97.1 Å². The molecule has 4 heterocycles. The van der Waals surface area contributed by atoms with Crippen molar-refractivity contribution in [1.82, 2.24) is 35.9 Å². The Bertz CT molecular complexity index is 3620. The molecule has 72 heavy (non-hydrogen) atoms. The minimum Gasteiger partial charge on any atom is -0.508 e. The first-order valence-electron chi connectivity index (χ1n) is 23.4. The maximum absolute atomic E-state index is 15.1. The number of methoxy groups -OCH3 is 1. The molecule has 0 aliphatic carbocycles. The second kappa shape index (κ2) is 20.3. The molecule has 0 aliphatic rings. The van der Waals surface area contributed by atoms with E-state index >= 15 is 4.79 Å². The standard InChI is InChI=1S/C57H49N7O8/c1-71-51-28-35(21-24-50(51)66)52-53-42(41-15-7-10-18-45(41)60-53)29-48(61-52)56(69)63-46(26-36-30-58-43-16-8-5-13-39(36)43)54(67)62-47(27-37-31-59-44-17-9-6-14-40(37)44)55(68)64-49(25-33-19-22-38(65)23-20-33)57(70)72-32-34-11-3-2-4-12-34/h2-24,28-31,46-47,49,58-60,65-66H,25-27,32H2,1H3,(H,62,67)(H,63,69)(H,64,68)/t46-,47-,49-/m0/s1. The van der Waals surface area contributed by atoms with Gasteiger partial charge in [0.15, 0.2) is 11.5 Å². The Balaban J connectivity index is 1.00. The number of carbonyl (C=O) groups excluding carboxylic acids is 4. The number of nitrogens with one attached hydrogen (secondary N) is 6. The molecule has 0 saturated heterocycles. The van der Waals surface area contributed by atoms with E-state index in [-0.39, 0.29) is 48.8 Å². The van der Waals surface area contributed by atoms with E-state index in [2.05, 4.69) is 30.9 Å². The number of amides is 3. The van der Waals surface area contributed by atoms with Crippen molar-refractivity contribution in [3.63, 3.8) is 0 Å². The molecule has 4 aromatic heterocycles. The molecular formula is C57H49N7O8. The number of esters is 1. The molecule has 0 aliphatic heterocycles. The Hall–Kier alpha value is -9.37. The van der Waals surface area contributed by atoms with Crippen LogP contribution < -0.4 is 20.7 Å². The fraction of sp³-hybridized carbons (Fsp3) is 0.140. The van der Waals surface area contributed by atoms with E-state index in [1.807, 2.05) is 103 Å². The van der Waals surface area contributed by atoms with Crippen LogP contribution in [0, 0.1) is 0 Å². The van der Waals surface area contributed by atoms with Crippen LogP contribution in [0.15, 0.2) is 164 Å². The molecule has 3 atom stereocenters. The van der Waals surface area contributed by atoms with Gasteiger partial charge in [-0.05, 0) is 76.9 Å². The van der Waals surface area contributed by atoms with Gasteiger partial charge in [-0.2, -0.15) is 0 Å². The number of carbonyl (C=O) groups is 4. The molecule has 0 unspecified atom stereocenters. The van der Waals surface area contributed by atoms with Gasteiger partial charge in [0.1, 0.15) is 36.2 Å². The summed E-state index contributed by atoms with van der Waals surface area (Å²) in [4.78, 5) is 73.6. The quantitative estimate of drug-likeness (QED) is 0.0411. The van der Waals surface area contributed by atoms with Crippen LogP contribution in [0.4, 0.5) is 0 Å². The van der Waals surface area contributed by atoms with E-state index in [1.54, 1.807) is 42.7 Å². The highest BCUT2D eigenvalue weighted by molar-refractivity contribution is 6.13. The molecule has 0 spiro atoms. The van der Waals surface area contributed by atoms with Crippen molar-refractivity contribution in [2.75, 3.05) is 7.11 Å². The molecular weight excluding hydrogens is 911 g/mol. The summed E-state index contributed by atoms with van der Waals surface area (Å²) in [5.41, 5.74) is 6.92. The number of aromatic amines is 3. The fourth-order valence-electron chi connectivity index (χ4n) is 9.12. The Kier molecular flexibility index (Phi) is 13.1. The smallest absolute Gasteiger partial charge is 0.329 e. The van der Waals surface area contributed by atoms with Crippen molar-refractivity contribution in [3.05, 3.63) is 192 Å². The van der Waals surface area contributed by atoms with E-state index < -0.39 is 41.8 Å². The lowest BCUT2D eigenvalue weighted by atomic mass is 10.0. The first-order valence-corrected chi connectivity index (χ1v) is 23.4. The Labute approximate surface area is 412 Å². The average Bonchev–Trinajstić information content (AvgIpc) is 4.13. The first kappa shape index (κ1) is 46.4. The lowest BCUT2D eigenvalue weighted by molar-refractivity contribution is -0.149. The fourth-order valence-corrected chi connectivity index (χ4v) is 9.12. The lowest BCUT2D eigenvalue weighted by Crippen LogP contribution is -2.57. The average molecular weight is 960 g/mol. The number of rotatable bonds is 17. The van der Waals surface area contributed by atoms with E-state index in [1.165, 1.54) is 25.3 Å². The largest absolute Gasteiger partial charge is 0.508 e. The third-order valence-electron chi connectivity index (χ3n) is 12.8. The van der Waals surface area contributed by atoms with Crippen LogP contribution in [-0.4, -0.2) is 79.1 Å². The van der Waals surface area contributed by atoms with Gasteiger partial charge < -0.3 is 50.6 Å². The van der Waals surface area contributed by atoms with E-state index in [9.17, 15) is 24.6 Å². The lowest BCUT2D eigenvalue weighted by Gasteiger charge is -2.25. The van der Waals surface area contributed by atoms with Crippen molar-refractivity contribution < 1.29 is 38.9 Å². The van der Waals surface area contributed by atoms with Gasteiger partial charge in [-0.3, -0.25) is 14.4 Å². The van der Waals surface area contributed by atoms with E-state index in [0.717, 1.165) is 49.4 Å². The second-order valence-corrected chi connectivity index (χ2v) is 17.6. The molecule has 0 radical (unpaired) electrons. The highest BCUT2D eigenvalue weighted by atomic mass is 16.5. The molecule has 15 nitrogen and oxygen atoms in total. The Morgan fingerprint density at radius 2 is 1.17 bits per heavy atom. The number of fused-ring (bicyclic) bond motifs is 5. The topological polar surface area (TPSA) is 224 Å². The van der Waals surface area contributed by atoms with Crippen LogP contribution >= 0.6 is 0 Å². The molecule has 10 aromatic rings. The van der Waals surface area contributed by atoms with Crippen LogP contribution in [0.25, 0.3) is 54.9 Å². The molecule has 10 rings (SSSR count). The first-order chi connectivity index (χ1) is 35.1. The second-order valence-electron chi connectivity index (χ2n) is 17.6. The predicted octanol–water partition coefficient (Wildman–Crippen LogP) is 8.31. The predicted molar refractivity (Wildman–Crippen MR) is 274 cm³/mol. The molecule has 360 valence electrons. The molecule has 8 N–H and O–H groups in total. The SMILES string of the molecule is COc1cc(-c2nc(C(=O)N[C@@H](Cc3c[nH]c4ccccc34)C(=O)N[C@@H](Cc3c[nH]c4ccccc34)C(=O)N[C@@H](Cc3ccc(O)cc3)C(=O)OCc3ccccc3)cc3c2[nH]c2ccccc23)ccc1O. The van der Waals surface area contributed by atoms with Gasteiger partial charge in [0, 0.05) is 75.3 Å². The van der Waals surface area contributed by atoms with Crippen LogP contribution in [0.5, 0.6) is 17.2 Å². The number of hydrogen-bond acceptors (Lipinski definition) is 9.